The first kappa shape index (κ1) is 9.37. The highest BCUT2D eigenvalue weighted by Gasteiger charge is 2.25. The largest absolute Gasteiger partial charge is 0.467 e. The molecule has 0 N–H and O–H groups in total. The average molecular weight is 183 g/mol. The van der Waals surface area contributed by atoms with E-state index in [4.69, 9.17) is 4.74 Å². The standard InChI is InChI=1S/C7H9N3O3/c1-8-5-4(6(11)12-2)9-7(10-5)13-3/h1-3H3. The number of aliphatic imine (C=N–C) groups is 3. The first-order valence-corrected chi connectivity index (χ1v) is 3.49. The Morgan fingerprint density at radius 1 is 1.38 bits per heavy atom. The third-order valence-corrected chi connectivity index (χ3v) is 1.39. The molecular weight excluding hydrogens is 174 g/mol. The molecule has 1 aliphatic rings. The summed E-state index contributed by atoms with van der Waals surface area (Å²) in [5.41, 5.74) is 0.0712. The van der Waals surface area contributed by atoms with Gasteiger partial charge in [-0.1, -0.05) is 0 Å². The summed E-state index contributed by atoms with van der Waals surface area (Å²) in [4.78, 5) is 22.4. The summed E-state index contributed by atoms with van der Waals surface area (Å²) in [7, 11) is 4.19. The summed E-state index contributed by atoms with van der Waals surface area (Å²) in [5.74, 6) is -0.347. The Balaban J connectivity index is 2.95. The smallest absolute Gasteiger partial charge is 0.360 e. The highest BCUT2D eigenvalue weighted by molar-refractivity contribution is 6.68. The lowest BCUT2D eigenvalue weighted by molar-refractivity contribution is -0.132. The minimum absolute atomic E-state index is 0.0712. The molecule has 0 aliphatic carbocycles. The Hall–Kier alpha value is -1.72. The van der Waals surface area contributed by atoms with Crippen LogP contribution in [-0.2, 0) is 14.3 Å². The van der Waals surface area contributed by atoms with E-state index >= 15 is 0 Å². The molecule has 0 saturated heterocycles. The number of amidine groups is 2. The number of hydrogen-bond donors (Lipinski definition) is 0. The van der Waals surface area contributed by atoms with Crippen molar-refractivity contribution in [3.05, 3.63) is 0 Å². The average Bonchev–Trinajstić information content (AvgIpc) is 2.59. The van der Waals surface area contributed by atoms with Gasteiger partial charge >= 0.3 is 12.0 Å². The molecule has 13 heavy (non-hydrogen) atoms. The van der Waals surface area contributed by atoms with Crippen molar-refractivity contribution in [2.75, 3.05) is 21.3 Å². The molecule has 0 aromatic rings. The summed E-state index contributed by atoms with van der Waals surface area (Å²) in [6, 6.07) is 0.112. The zero-order chi connectivity index (χ0) is 9.84. The Bertz CT molecular complexity index is 317. The second-order valence-corrected chi connectivity index (χ2v) is 2.10. The van der Waals surface area contributed by atoms with E-state index in [2.05, 4.69) is 19.7 Å². The van der Waals surface area contributed by atoms with Crippen LogP contribution < -0.4 is 0 Å². The number of methoxy groups -OCH3 is 2. The van der Waals surface area contributed by atoms with E-state index in [1.165, 1.54) is 21.3 Å². The van der Waals surface area contributed by atoms with Crippen molar-refractivity contribution in [1.29, 1.82) is 0 Å². The minimum Gasteiger partial charge on any atom is -0.467 e. The molecule has 0 radical (unpaired) electrons. The predicted octanol–water partition coefficient (Wildman–Crippen LogP) is -0.355. The van der Waals surface area contributed by atoms with E-state index in [0.717, 1.165) is 0 Å². The molecule has 1 heterocycles. The van der Waals surface area contributed by atoms with Gasteiger partial charge in [-0.15, -0.1) is 0 Å². The van der Waals surface area contributed by atoms with Crippen LogP contribution in [0.15, 0.2) is 15.0 Å². The Morgan fingerprint density at radius 3 is 2.54 bits per heavy atom. The summed E-state index contributed by atoms with van der Waals surface area (Å²) in [6.45, 7) is 0. The summed E-state index contributed by atoms with van der Waals surface area (Å²) >= 11 is 0. The van der Waals surface area contributed by atoms with Crippen LogP contribution in [0, 0.1) is 0 Å². The van der Waals surface area contributed by atoms with E-state index < -0.39 is 5.97 Å². The number of carbonyl (C=O) groups is 1. The summed E-state index contributed by atoms with van der Waals surface area (Å²) in [5, 5.41) is 0. The maximum absolute atomic E-state index is 11.1. The van der Waals surface area contributed by atoms with Crippen LogP contribution in [0.25, 0.3) is 0 Å². The van der Waals surface area contributed by atoms with Crippen LogP contribution >= 0.6 is 0 Å². The molecule has 0 amide bonds. The van der Waals surface area contributed by atoms with Gasteiger partial charge in [-0.25, -0.2) is 4.79 Å². The molecule has 70 valence electrons. The molecule has 0 saturated carbocycles. The molecule has 1 aliphatic heterocycles. The first-order valence-electron chi connectivity index (χ1n) is 3.49. The number of hydrogen-bond acceptors (Lipinski definition) is 5. The van der Waals surface area contributed by atoms with Crippen LogP contribution in [0.1, 0.15) is 0 Å². The maximum Gasteiger partial charge on any atom is 0.360 e. The number of carbonyl (C=O) groups excluding carboxylic acids is 1. The van der Waals surface area contributed by atoms with E-state index in [9.17, 15) is 4.79 Å². The number of esters is 1. The third kappa shape index (κ3) is 1.71. The molecule has 0 spiro atoms. The van der Waals surface area contributed by atoms with Gasteiger partial charge < -0.3 is 9.47 Å². The van der Waals surface area contributed by atoms with Crippen molar-refractivity contribution in [1.82, 2.24) is 0 Å². The van der Waals surface area contributed by atoms with Crippen LogP contribution in [0.2, 0.25) is 0 Å². The van der Waals surface area contributed by atoms with E-state index in [1.54, 1.807) is 0 Å². The monoisotopic (exact) mass is 183 g/mol. The lowest BCUT2D eigenvalue weighted by Crippen LogP contribution is -2.21. The Kier molecular flexibility index (Phi) is 2.73. The van der Waals surface area contributed by atoms with Crippen LogP contribution in [0.4, 0.5) is 0 Å². The number of ether oxygens (including phenoxy) is 2. The molecule has 0 aromatic carbocycles. The second kappa shape index (κ2) is 3.79. The number of nitrogens with zero attached hydrogens (tertiary/aromatic N) is 3. The third-order valence-electron chi connectivity index (χ3n) is 1.39. The van der Waals surface area contributed by atoms with Crippen LogP contribution in [-0.4, -0.2) is 44.8 Å². The van der Waals surface area contributed by atoms with Crippen molar-refractivity contribution >= 4 is 23.5 Å². The van der Waals surface area contributed by atoms with E-state index in [0.29, 0.717) is 0 Å². The summed E-state index contributed by atoms with van der Waals surface area (Å²) < 4.78 is 9.22. The fraction of sp³-hybridized carbons (Fsp3) is 0.429. The minimum atomic E-state index is -0.573. The van der Waals surface area contributed by atoms with Crippen molar-refractivity contribution in [3.63, 3.8) is 0 Å². The van der Waals surface area contributed by atoms with Crippen molar-refractivity contribution < 1.29 is 14.3 Å². The van der Waals surface area contributed by atoms with Crippen molar-refractivity contribution in [2.24, 2.45) is 15.0 Å². The van der Waals surface area contributed by atoms with Gasteiger partial charge in [0.25, 0.3) is 0 Å². The number of rotatable bonds is 1. The molecule has 6 heteroatoms. The van der Waals surface area contributed by atoms with E-state index in [1.807, 2.05) is 0 Å². The molecule has 1 rings (SSSR count). The SMILES string of the molecule is CN=C1N=C(OC)N=C1C(=O)OC. The van der Waals surface area contributed by atoms with Crippen molar-refractivity contribution in [2.45, 2.75) is 0 Å². The molecule has 6 nitrogen and oxygen atoms in total. The Labute approximate surface area is 75.0 Å². The van der Waals surface area contributed by atoms with Gasteiger partial charge in [0.2, 0.25) is 0 Å². The highest BCUT2D eigenvalue weighted by Crippen LogP contribution is 2.02. The lowest BCUT2D eigenvalue weighted by atomic mass is 10.3. The van der Waals surface area contributed by atoms with Crippen molar-refractivity contribution in [3.8, 4) is 0 Å². The van der Waals surface area contributed by atoms with Gasteiger partial charge in [0.05, 0.1) is 14.2 Å². The van der Waals surface area contributed by atoms with Crippen LogP contribution in [0.3, 0.4) is 0 Å². The van der Waals surface area contributed by atoms with Crippen LogP contribution in [0.5, 0.6) is 0 Å². The molecule has 0 aromatic heterocycles. The van der Waals surface area contributed by atoms with Gasteiger partial charge in [0.15, 0.2) is 11.5 Å². The van der Waals surface area contributed by atoms with Gasteiger partial charge in [-0.2, -0.15) is 9.98 Å². The normalized spacial score (nSPS) is 18.2. The lowest BCUT2D eigenvalue weighted by Gasteiger charge is -1.95. The predicted molar refractivity (Wildman–Crippen MR) is 47.3 cm³/mol. The van der Waals surface area contributed by atoms with Gasteiger partial charge in [-0.3, -0.25) is 4.99 Å². The second-order valence-electron chi connectivity index (χ2n) is 2.10. The van der Waals surface area contributed by atoms with Gasteiger partial charge in [-0.05, 0) is 0 Å². The molecule has 0 fully saturated rings. The van der Waals surface area contributed by atoms with Gasteiger partial charge in [0.1, 0.15) is 0 Å². The molecule has 0 bridgehead atoms. The summed E-state index contributed by atoms with van der Waals surface area (Å²) in [6.07, 6.45) is 0. The maximum atomic E-state index is 11.1. The molecule has 0 atom stereocenters. The first-order chi connectivity index (χ1) is 6.22. The fourth-order valence-corrected chi connectivity index (χ4v) is 0.795. The topological polar surface area (TPSA) is 72.6 Å². The molecule has 0 unspecified atom stereocenters. The quantitative estimate of drug-likeness (QED) is 0.521. The zero-order valence-electron chi connectivity index (χ0n) is 7.57. The fourth-order valence-electron chi connectivity index (χ4n) is 0.795. The zero-order valence-corrected chi connectivity index (χ0v) is 7.57. The highest BCUT2D eigenvalue weighted by atomic mass is 16.5. The van der Waals surface area contributed by atoms with E-state index in [-0.39, 0.29) is 17.6 Å². The molecular formula is C7H9N3O3. The Morgan fingerprint density at radius 2 is 2.08 bits per heavy atom. The van der Waals surface area contributed by atoms with Gasteiger partial charge in [0, 0.05) is 7.05 Å².